The van der Waals surface area contributed by atoms with Gasteiger partial charge in [-0.25, -0.2) is 9.78 Å². The van der Waals surface area contributed by atoms with E-state index in [1.807, 2.05) is 6.07 Å². The van der Waals surface area contributed by atoms with Gasteiger partial charge in [-0.1, -0.05) is 11.6 Å². The highest BCUT2D eigenvalue weighted by atomic mass is 35.5. The van der Waals surface area contributed by atoms with Crippen LogP contribution in [0.15, 0.2) is 23.6 Å². The summed E-state index contributed by atoms with van der Waals surface area (Å²) >= 11 is 7.39. The molecule has 0 atom stereocenters. The minimum absolute atomic E-state index is 0.296. The van der Waals surface area contributed by atoms with Crippen LogP contribution in [0.5, 0.6) is 5.75 Å². The lowest BCUT2D eigenvalue weighted by atomic mass is 10.2. The second kappa shape index (κ2) is 5.37. The molecular formula is C12H10ClNO3S. The summed E-state index contributed by atoms with van der Waals surface area (Å²) in [7, 11) is 2.88. The second-order valence-electron chi connectivity index (χ2n) is 3.38. The van der Waals surface area contributed by atoms with Gasteiger partial charge in [0.1, 0.15) is 10.8 Å². The molecule has 18 heavy (non-hydrogen) atoms. The molecule has 0 unspecified atom stereocenters. The van der Waals surface area contributed by atoms with Crippen molar-refractivity contribution in [3.05, 3.63) is 34.3 Å². The molecule has 0 N–H and O–H groups in total. The molecule has 2 rings (SSSR count). The van der Waals surface area contributed by atoms with Crippen LogP contribution >= 0.6 is 22.9 Å². The van der Waals surface area contributed by atoms with Crippen molar-refractivity contribution in [2.24, 2.45) is 0 Å². The van der Waals surface area contributed by atoms with E-state index in [0.717, 1.165) is 5.56 Å². The normalized spacial score (nSPS) is 10.2. The molecule has 0 aliphatic carbocycles. The van der Waals surface area contributed by atoms with Gasteiger partial charge in [0.05, 0.1) is 19.2 Å². The van der Waals surface area contributed by atoms with E-state index in [4.69, 9.17) is 16.3 Å². The molecule has 1 heterocycles. The summed E-state index contributed by atoms with van der Waals surface area (Å²) in [6, 6.07) is 5.35. The second-order valence-corrected chi connectivity index (χ2v) is 4.64. The highest BCUT2D eigenvalue weighted by Gasteiger charge is 2.12. The predicted octanol–water partition coefficient (Wildman–Crippen LogP) is 3.26. The number of halogens is 1. The minimum Gasteiger partial charge on any atom is -0.495 e. The van der Waals surface area contributed by atoms with Crippen molar-refractivity contribution in [2.45, 2.75) is 0 Å². The van der Waals surface area contributed by atoms with Crippen molar-refractivity contribution in [3.8, 4) is 16.3 Å². The fourth-order valence-corrected chi connectivity index (χ4v) is 2.45. The van der Waals surface area contributed by atoms with E-state index in [-0.39, 0.29) is 0 Å². The number of nitrogens with zero attached hydrogens (tertiary/aromatic N) is 1. The zero-order valence-electron chi connectivity index (χ0n) is 9.77. The van der Waals surface area contributed by atoms with Crippen LogP contribution in [-0.2, 0) is 4.74 Å². The first-order chi connectivity index (χ1) is 8.65. The number of ether oxygens (including phenoxy) is 2. The molecule has 0 spiro atoms. The number of aromatic nitrogens is 1. The lowest BCUT2D eigenvalue weighted by Crippen LogP contribution is -2.00. The van der Waals surface area contributed by atoms with E-state index in [1.165, 1.54) is 18.4 Å². The van der Waals surface area contributed by atoms with Crippen LogP contribution in [0.3, 0.4) is 0 Å². The number of benzene rings is 1. The summed E-state index contributed by atoms with van der Waals surface area (Å²) in [5.41, 5.74) is 1.13. The van der Waals surface area contributed by atoms with Crippen LogP contribution in [-0.4, -0.2) is 25.2 Å². The maximum Gasteiger partial charge on any atom is 0.357 e. The van der Waals surface area contributed by atoms with Gasteiger partial charge in [-0.3, -0.25) is 0 Å². The molecule has 0 aliphatic heterocycles. The summed E-state index contributed by atoms with van der Waals surface area (Å²) in [4.78, 5) is 15.5. The van der Waals surface area contributed by atoms with Crippen molar-refractivity contribution in [1.29, 1.82) is 0 Å². The zero-order valence-corrected chi connectivity index (χ0v) is 11.3. The molecule has 1 aromatic heterocycles. The summed E-state index contributed by atoms with van der Waals surface area (Å²) in [5.74, 6) is 0.155. The molecule has 0 aliphatic rings. The standard InChI is InChI=1S/C12H10ClNO3S/c1-16-10-4-3-7(5-8(10)13)11-14-9(6-18-11)12(15)17-2/h3-6H,1-2H3. The minimum atomic E-state index is -0.447. The van der Waals surface area contributed by atoms with Crippen molar-refractivity contribution < 1.29 is 14.3 Å². The summed E-state index contributed by atoms with van der Waals surface area (Å²) in [6.45, 7) is 0. The molecule has 6 heteroatoms. The van der Waals surface area contributed by atoms with Crippen molar-refractivity contribution >= 4 is 28.9 Å². The molecule has 0 amide bonds. The van der Waals surface area contributed by atoms with E-state index in [0.29, 0.717) is 21.5 Å². The van der Waals surface area contributed by atoms with E-state index in [9.17, 15) is 4.79 Å². The van der Waals surface area contributed by atoms with Gasteiger partial charge in [0.25, 0.3) is 0 Å². The van der Waals surface area contributed by atoms with Gasteiger partial charge in [-0.2, -0.15) is 0 Å². The van der Waals surface area contributed by atoms with Gasteiger partial charge in [0.15, 0.2) is 5.69 Å². The van der Waals surface area contributed by atoms with Gasteiger partial charge < -0.3 is 9.47 Å². The fourth-order valence-electron chi connectivity index (χ4n) is 1.40. The van der Waals surface area contributed by atoms with Gasteiger partial charge in [-0.05, 0) is 18.2 Å². The summed E-state index contributed by atoms with van der Waals surface area (Å²) in [6.07, 6.45) is 0. The quantitative estimate of drug-likeness (QED) is 0.811. The van der Waals surface area contributed by atoms with Gasteiger partial charge in [0, 0.05) is 10.9 Å². The Hall–Kier alpha value is -1.59. The Morgan fingerprint density at radius 1 is 1.39 bits per heavy atom. The van der Waals surface area contributed by atoms with Crippen LogP contribution in [0, 0.1) is 0 Å². The summed E-state index contributed by atoms with van der Waals surface area (Å²) < 4.78 is 9.68. The van der Waals surface area contributed by atoms with Crippen LogP contribution < -0.4 is 4.74 Å². The fraction of sp³-hybridized carbons (Fsp3) is 0.167. The van der Waals surface area contributed by atoms with Crippen LogP contribution in [0.4, 0.5) is 0 Å². The number of methoxy groups -OCH3 is 2. The summed E-state index contributed by atoms with van der Waals surface area (Å²) in [5, 5.41) is 2.86. The van der Waals surface area contributed by atoms with Crippen LogP contribution in [0.2, 0.25) is 5.02 Å². The lowest BCUT2D eigenvalue weighted by Gasteiger charge is -2.03. The van der Waals surface area contributed by atoms with Crippen molar-refractivity contribution in [3.63, 3.8) is 0 Å². The molecule has 0 saturated carbocycles. The number of hydrogen-bond donors (Lipinski definition) is 0. The highest BCUT2D eigenvalue weighted by Crippen LogP contribution is 2.31. The smallest absolute Gasteiger partial charge is 0.357 e. The number of carbonyl (C=O) groups is 1. The number of carbonyl (C=O) groups excluding carboxylic acids is 1. The van der Waals surface area contributed by atoms with E-state index >= 15 is 0 Å². The first-order valence-corrected chi connectivity index (χ1v) is 6.29. The Bertz CT molecular complexity index is 582. The third-order valence-corrected chi connectivity index (χ3v) is 3.48. The highest BCUT2D eigenvalue weighted by molar-refractivity contribution is 7.13. The van der Waals surface area contributed by atoms with E-state index in [1.54, 1.807) is 24.6 Å². The average Bonchev–Trinajstić information content (AvgIpc) is 2.87. The molecule has 1 aromatic carbocycles. The monoisotopic (exact) mass is 283 g/mol. The predicted molar refractivity (Wildman–Crippen MR) is 70.5 cm³/mol. The third-order valence-electron chi connectivity index (χ3n) is 2.30. The van der Waals surface area contributed by atoms with Crippen molar-refractivity contribution in [2.75, 3.05) is 14.2 Å². The molecule has 2 aromatic rings. The molecule has 0 bridgehead atoms. The van der Waals surface area contributed by atoms with Gasteiger partial charge in [0.2, 0.25) is 0 Å². The molecule has 94 valence electrons. The van der Waals surface area contributed by atoms with Crippen LogP contribution in [0.25, 0.3) is 10.6 Å². The third kappa shape index (κ3) is 2.47. The van der Waals surface area contributed by atoms with Gasteiger partial charge in [-0.15, -0.1) is 11.3 Å². The Morgan fingerprint density at radius 3 is 2.78 bits per heavy atom. The van der Waals surface area contributed by atoms with Crippen molar-refractivity contribution in [1.82, 2.24) is 4.98 Å². The van der Waals surface area contributed by atoms with Crippen LogP contribution in [0.1, 0.15) is 10.5 Å². The molecule has 0 saturated heterocycles. The van der Waals surface area contributed by atoms with Gasteiger partial charge >= 0.3 is 5.97 Å². The molecule has 0 radical (unpaired) electrons. The Balaban J connectivity index is 2.34. The zero-order chi connectivity index (χ0) is 13.1. The Labute approximate surface area is 113 Å². The average molecular weight is 284 g/mol. The van der Waals surface area contributed by atoms with E-state index < -0.39 is 5.97 Å². The molecular weight excluding hydrogens is 274 g/mol. The molecule has 4 nitrogen and oxygen atoms in total. The first-order valence-electron chi connectivity index (χ1n) is 5.03. The number of rotatable bonds is 3. The first kappa shape index (κ1) is 12.9. The topological polar surface area (TPSA) is 48.4 Å². The number of hydrogen-bond acceptors (Lipinski definition) is 5. The largest absolute Gasteiger partial charge is 0.495 e. The number of thiazole rings is 1. The molecule has 0 fully saturated rings. The SMILES string of the molecule is COC(=O)c1csc(-c2ccc(OC)c(Cl)c2)n1. The maximum atomic E-state index is 11.3. The van der Waals surface area contributed by atoms with E-state index in [2.05, 4.69) is 9.72 Å². The lowest BCUT2D eigenvalue weighted by molar-refractivity contribution is 0.0595. The maximum absolute atomic E-state index is 11.3. The Morgan fingerprint density at radius 2 is 2.17 bits per heavy atom. The number of esters is 1. The Kier molecular flexibility index (Phi) is 3.84.